The first-order valence-corrected chi connectivity index (χ1v) is 8.28. The van der Waals surface area contributed by atoms with E-state index in [2.05, 4.69) is 9.98 Å². The number of methoxy groups -OCH3 is 3. The largest absolute Gasteiger partial charge is 0.496 e. The van der Waals surface area contributed by atoms with E-state index in [1.54, 1.807) is 18.2 Å². The number of rotatable bonds is 4. The molecule has 1 aliphatic heterocycles. The van der Waals surface area contributed by atoms with Gasteiger partial charge in [-0.25, -0.2) is 9.79 Å². The first-order valence-electron chi connectivity index (χ1n) is 7.06. The first kappa shape index (κ1) is 17.2. The number of H-pyrrole nitrogens is 1. The summed E-state index contributed by atoms with van der Waals surface area (Å²) in [5, 5.41) is 11.0. The summed E-state index contributed by atoms with van der Waals surface area (Å²) >= 11 is 6.25. The van der Waals surface area contributed by atoms with Crippen molar-refractivity contribution >= 4 is 41.7 Å². The minimum absolute atomic E-state index is 0.0410. The van der Waals surface area contributed by atoms with E-state index in [-0.39, 0.29) is 11.6 Å². The number of carbonyl (C=O) groups excluding carboxylic acids is 1. The second-order valence-electron chi connectivity index (χ2n) is 4.96. The Labute approximate surface area is 151 Å². The molecule has 0 radical (unpaired) electrons. The fourth-order valence-electron chi connectivity index (χ4n) is 2.45. The Morgan fingerprint density at radius 3 is 2.60 bits per heavy atom. The number of aromatic hydroxyl groups is 1. The van der Waals surface area contributed by atoms with Crippen molar-refractivity contribution in [2.75, 3.05) is 21.3 Å². The standard InChI is InChI=1S/C16H14N2O5S2/c1-21-10-6-11(22-2)8(5-12-14(19)18-16(24)25-12)13-7(10)4-9(17-13)15(20)23-3/h4-6,19H,1-3H3,(H,18,24)/b8-5+. The molecule has 9 heteroatoms. The fraction of sp³-hybridized carbons (Fsp3) is 0.188. The van der Waals surface area contributed by atoms with E-state index < -0.39 is 5.97 Å². The third-order valence-electron chi connectivity index (χ3n) is 3.58. The Balaban J connectivity index is 2.35. The Hall–Kier alpha value is -2.65. The zero-order chi connectivity index (χ0) is 18.1. The van der Waals surface area contributed by atoms with Gasteiger partial charge in [0.15, 0.2) is 3.95 Å². The molecule has 1 aliphatic rings. The molecular formula is C16H14N2O5S2. The third kappa shape index (κ3) is 3.03. The van der Waals surface area contributed by atoms with Crippen LogP contribution in [-0.2, 0) is 9.53 Å². The van der Waals surface area contributed by atoms with Crippen LogP contribution in [0.25, 0.3) is 12.2 Å². The van der Waals surface area contributed by atoms with E-state index in [1.165, 1.54) is 32.7 Å². The molecule has 7 nitrogen and oxygen atoms in total. The van der Waals surface area contributed by atoms with Gasteiger partial charge in [0.25, 0.3) is 0 Å². The molecule has 130 valence electrons. The predicted octanol–water partition coefficient (Wildman–Crippen LogP) is 1.50. The number of esters is 1. The highest BCUT2D eigenvalue weighted by Crippen LogP contribution is 2.26. The monoisotopic (exact) mass is 378 g/mol. The molecule has 1 aromatic heterocycles. The van der Waals surface area contributed by atoms with E-state index >= 15 is 0 Å². The minimum Gasteiger partial charge on any atom is -0.496 e. The van der Waals surface area contributed by atoms with Gasteiger partial charge in [0.2, 0.25) is 5.88 Å². The van der Waals surface area contributed by atoms with Gasteiger partial charge in [0.1, 0.15) is 17.2 Å². The normalized spacial score (nSPS) is 13.1. The van der Waals surface area contributed by atoms with Crippen LogP contribution in [0.5, 0.6) is 17.4 Å². The lowest BCUT2D eigenvalue weighted by atomic mass is 10.1. The number of nitrogens with one attached hydrogen (secondary N) is 1. The molecule has 0 saturated heterocycles. The summed E-state index contributed by atoms with van der Waals surface area (Å²) in [6, 6.07) is 1.69. The van der Waals surface area contributed by atoms with E-state index in [1.807, 2.05) is 0 Å². The number of nitrogens with zero attached hydrogens (tertiary/aromatic N) is 1. The smallest absolute Gasteiger partial charge is 0.356 e. The molecule has 0 fully saturated rings. The number of carbonyl (C=O) groups is 1. The van der Waals surface area contributed by atoms with Crippen LogP contribution in [0.3, 0.4) is 0 Å². The average molecular weight is 378 g/mol. The average Bonchev–Trinajstić information content (AvgIpc) is 3.18. The van der Waals surface area contributed by atoms with Crippen molar-refractivity contribution in [3.63, 3.8) is 0 Å². The molecule has 0 amide bonds. The maximum absolute atomic E-state index is 11.8. The van der Waals surface area contributed by atoms with E-state index in [4.69, 9.17) is 26.4 Å². The number of fused-ring (bicyclic) bond motifs is 1. The first-order chi connectivity index (χ1) is 12.0. The van der Waals surface area contributed by atoms with Crippen molar-refractivity contribution in [3.8, 4) is 17.4 Å². The predicted molar refractivity (Wildman–Crippen MR) is 95.1 cm³/mol. The number of aromatic nitrogens is 1. The topological polar surface area (TPSA) is 93.1 Å². The van der Waals surface area contributed by atoms with Crippen LogP contribution in [0.15, 0.2) is 16.8 Å². The van der Waals surface area contributed by atoms with Gasteiger partial charge < -0.3 is 24.3 Å². The molecular weight excluding hydrogens is 364 g/mol. The van der Waals surface area contributed by atoms with Gasteiger partial charge in [-0.15, -0.1) is 11.3 Å². The van der Waals surface area contributed by atoms with Crippen LogP contribution in [0.2, 0.25) is 0 Å². The maximum Gasteiger partial charge on any atom is 0.356 e. The minimum atomic E-state index is -0.552. The van der Waals surface area contributed by atoms with Crippen molar-refractivity contribution in [2.45, 2.75) is 0 Å². The van der Waals surface area contributed by atoms with Crippen LogP contribution in [0.1, 0.15) is 10.4 Å². The van der Waals surface area contributed by atoms with Gasteiger partial charge in [0, 0.05) is 16.8 Å². The van der Waals surface area contributed by atoms with Crippen molar-refractivity contribution in [1.29, 1.82) is 0 Å². The highest BCUT2D eigenvalue weighted by atomic mass is 32.1. The lowest BCUT2D eigenvalue weighted by Gasteiger charge is -2.08. The summed E-state index contributed by atoms with van der Waals surface area (Å²) in [6.45, 7) is 0. The van der Waals surface area contributed by atoms with Crippen molar-refractivity contribution in [2.24, 2.45) is 4.99 Å². The molecule has 0 aliphatic carbocycles. The highest BCUT2D eigenvalue weighted by Gasteiger charge is 2.21. The maximum atomic E-state index is 11.8. The number of hydrogen-bond acceptors (Lipinski definition) is 8. The molecule has 2 N–H and O–H groups in total. The van der Waals surface area contributed by atoms with E-state index in [9.17, 15) is 9.90 Å². The van der Waals surface area contributed by atoms with Crippen LogP contribution in [0, 0.1) is 3.95 Å². The van der Waals surface area contributed by atoms with Gasteiger partial charge >= 0.3 is 5.97 Å². The molecule has 0 bridgehead atoms. The summed E-state index contributed by atoms with van der Waals surface area (Å²) in [5.41, 5.74) is 0.790. The number of ether oxygens (including phenoxy) is 3. The van der Waals surface area contributed by atoms with Crippen LogP contribution in [0.4, 0.5) is 0 Å². The SMILES string of the molecule is COC(=O)C1=Cc2c(OC)cc(OC)/c(=C\c3sc(=S)[nH]c3O)c2=N1. The van der Waals surface area contributed by atoms with Gasteiger partial charge in [-0.2, -0.15) is 0 Å². The zero-order valence-electron chi connectivity index (χ0n) is 13.6. The van der Waals surface area contributed by atoms with Crippen LogP contribution in [-0.4, -0.2) is 37.4 Å². The van der Waals surface area contributed by atoms with Gasteiger partial charge in [0.05, 0.1) is 31.6 Å². The Kier molecular flexibility index (Phi) is 4.60. The van der Waals surface area contributed by atoms with E-state index in [0.29, 0.717) is 36.5 Å². The molecule has 2 aromatic rings. The third-order valence-corrected chi connectivity index (χ3v) is 4.75. The highest BCUT2D eigenvalue weighted by molar-refractivity contribution is 7.73. The molecule has 1 aromatic carbocycles. The van der Waals surface area contributed by atoms with Crippen molar-refractivity contribution in [1.82, 2.24) is 4.98 Å². The lowest BCUT2D eigenvalue weighted by Crippen LogP contribution is -2.28. The Morgan fingerprint density at radius 2 is 2.04 bits per heavy atom. The van der Waals surface area contributed by atoms with Gasteiger partial charge in [-0.3, -0.25) is 0 Å². The number of benzene rings is 1. The summed E-state index contributed by atoms with van der Waals surface area (Å²) < 4.78 is 16.0. The summed E-state index contributed by atoms with van der Waals surface area (Å²) in [7, 11) is 4.32. The molecule has 25 heavy (non-hydrogen) atoms. The van der Waals surface area contributed by atoms with Gasteiger partial charge in [-0.1, -0.05) is 0 Å². The Morgan fingerprint density at radius 1 is 1.32 bits per heavy atom. The lowest BCUT2D eigenvalue weighted by molar-refractivity contribution is -0.136. The Bertz CT molecular complexity index is 1070. The van der Waals surface area contributed by atoms with Crippen molar-refractivity contribution in [3.05, 3.63) is 36.7 Å². The molecule has 3 rings (SSSR count). The zero-order valence-corrected chi connectivity index (χ0v) is 15.2. The quantitative estimate of drug-likeness (QED) is 0.619. The molecule has 0 unspecified atom stereocenters. The summed E-state index contributed by atoms with van der Waals surface area (Å²) in [6.07, 6.45) is 3.29. The second-order valence-corrected chi connectivity index (χ2v) is 6.68. The molecule has 0 spiro atoms. The van der Waals surface area contributed by atoms with Crippen molar-refractivity contribution < 1.29 is 24.1 Å². The van der Waals surface area contributed by atoms with Gasteiger partial charge in [-0.05, 0) is 24.4 Å². The molecule has 0 atom stereocenters. The number of hydrogen-bond donors (Lipinski definition) is 2. The van der Waals surface area contributed by atoms with Crippen LogP contribution < -0.4 is 20.0 Å². The summed E-state index contributed by atoms with van der Waals surface area (Å²) in [4.78, 5) is 19.4. The second kappa shape index (κ2) is 6.69. The fourth-order valence-corrected chi connectivity index (χ4v) is 3.49. The number of thiazole rings is 1. The van der Waals surface area contributed by atoms with E-state index in [0.717, 1.165) is 0 Å². The molecule has 0 saturated carbocycles. The summed E-state index contributed by atoms with van der Waals surface area (Å²) in [5.74, 6) is 0.402. The van der Waals surface area contributed by atoms with Crippen LogP contribution >= 0.6 is 23.6 Å². The number of aromatic amines is 1. The molecule has 2 heterocycles.